The van der Waals surface area contributed by atoms with Gasteiger partial charge in [0.1, 0.15) is 5.82 Å². The monoisotopic (exact) mass is 394 g/mol. The van der Waals surface area contributed by atoms with Crippen molar-refractivity contribution in [3.8, 4) is 0 Å². The van der Waals surface area contributed by atoms with Crippen LogP contribution in [0.2, 0.25) is 0 Å². The highest BCUT2D eigenvalue weighted by Crippen LogP contribution is 2.29. The fraction of sp³-hybridized carbons (Fsp3) is 0.167. The third-order valence-electron chi connectivity index (χ3n) is 3.71. The molecule has 124 valence electrons. The molecule has 0 bridgehead atoms. The minimum absolute atomic E-state index is 0.490. The molecule has 0 saturated carbocycles. The fourth-order valence-corrected chi connectivity index (χ4v) is 2.70. The van der Waals surface area contributed by atoms with Crippen LogP contribution in [-0.2, 0) is 19.1 Å². The van der Waals surface area contributed by atoms with E-state index in [2.05, 4.69) is 20.9 Å². The van der Waals surface area contributed by atoms with E-state index in [1.807, 2.05) is 35.0 Å². The van der Waals surface area contributed by atoms with Crippen LogP contribution in [0.1, 0.15) is 22.5 Å². The number of alkyl halides is 3. The van der Waals surface area contributed by atoms with Crippen molar-refractivity contribution in [3.05, 3.63) is 87.9 Å². The molecule has 2 nitrogen and oxygen atoms in total. The van der Waals surface area contributed by atoms with E-state index >= 15 is 0 Å². The third kappa shape index (κ3) is 4.06. The van der Waals surface area contributed by atoms with Gasteiger partial charge in [-0.3, -0.25) is 0 Å². The molecule has 0 unspecified atom stereocenters. The molecule has 0 atom stereocenters. The lowest BCUT2D eigenvalue weighted by molar-refractivity contribution is -0.137. The summed E-state index contributed by atoms with van der Waals surface area (Å²) >= 11 is 3.40. The zero-order chi connectivity index (χ0) is 17.2. The average Bonchev–Trinajstić information content (AvgIpc) is 2.96. The summed E-state index contributed by atoms with van der Waals surface area (Å²) < 4.78 is 40.8. The number of halogens is 4. The average molecular weight is 395 g/mol. The Hall–Kier alpha value is -2.08. The number of imidazole rings is 1. The third-order valence-corrected chi connectivity index (χ3v) is 4.24. The van der Waals surface area contributed by atoms with E-state index in [0.29, 0.717) is 13.0 Å². The number of rotatable bonds is 4. The number of hydrogen-bond acceptors (Lipinski definition) is 1. The molecule has 3 rings (SSSR count). The van der Waals surface area contributed by atoms with Gasteiger partial charge >= 0.3 is 6.18 Å². The Morgan fingerprint density at radius 2 is 1.54 bits per heavy atom. The van der Waals surface area contributed by atoms with Crippen molar-refractivity contribution in [1.29, 1.82) is 0 Å². The molecule has 6 heteroatoms. The summed E-state index contributed by atoms with van der Waals surface area (Å²) in [4.78, 5) is 4.36. The van der Waals surface area contributed by atoms with Gasteiger partial charge in [0, 0.05) is 29.8 Å². The molecule has 0 fully saturated rings. The van der Waals surface area contributed by atoms with Gasteiger partial charge in [-0.1, -0.05) is 40.2 Å². The first kappa shape index (κ1) is 16.8. The topological polar surface area (TPSA) is 17.8 Å². The van der Waals surface area contributed by atoms with E-state index in [9.17, 15) is 13.2 Å². The summed E-state index contributed by atoms with van der Waals surface area (Å²) in [5, 5.41) is 0. The van der Waals surface area contributed by atoms with Crippen molar-refractivity contribution in [2.45, 2.75) is 19.1 Å². The number of benzene rings is 2. The molecule has 0 aliphatic rings. The molecule has 3 aromatic rings. The van der Waals surface area contributed by atoms with Crippen LogP contribution in [0.3, 0.4) is 0 Å². The minimum Gasteiger partial charge on any atom is -0.330 e. The Balaban J connectivity index is 1.74. The van der Waals surface area contributed by atoms with Gasteiger partial charge in [-0.25, -0.2) is 4.98 Å². The predicted molar refractivity (Wildman–Crippen MR) is 89.7 cm³/mol. The Kier molecular flexibility index (Phi) is 4.76. The molecule has 24 heavy (non-hydrogen) atoms. The standard InChI is InChI=1S/C18H14BrF3N2/c19-16-7-3-13(4-8-16)11-17-23-9-10-24(17)12-14-1-5-15(6-2-14)18(20,21)22/h1-10H,11-12H2. The molecule has 0 aliphatic heterocycles. The zero-order valence-electron chi connectivity index (χ0n) is 12.6. The van der Waals surface area contributed by atoms with Crippen LogP contribution in [0.15, 0.2) is 65.4 Å². The van der Waals surface area contributed by atoms with Gasteiger partial charge < -0.3 is 4.57 Å². The van der Waals surface area contributed by atoms with Crippen molar-refractivity contribution in [1.82, 2.24) is 9.55 Å². The van der Waals surface area contributed by atoms with Crippen LogP contribution < -0.4 is 0 Å². The first-order valence-electron chi connectivity index (χ1n) is 7.32. The molecule has 0 spiro atoms. The lowest BCUT2D eigenvalue weighted by Gasteiger charge is -2.10. The molecular formula is C18H14BrF3N2. The van der Waals surface area contributed by atoms with Crippen LogP contribution in [0.4, 0.5) is 13.2 Å². The number of hydrogen-bond donors (Lipinski definition) is 0. The Bertz CT molecular complexity index is 806. The molecule has 0 amide bonds. The molecule has 2 aromatic carbocycles. The Morgan fingerprint density at radius 3 is 2.17 bits per heavy atom. The summed E-state index contributed by atoms with van der Waals surface area (Å²) in [5.74, 6) is 0.872. The molecule has 0 radical (unpaired) electrons. The van der Waals surface area contributed by atoms with E-state index in [0.717, 1.165) is 33.6 Å². The summed E-state index contributed by atoms with van der Waals surface area (Å²) in [6.07, 6.45) is -0.0919. The number of aromatic nitrogens is 2. The largest absolute Gasteiger partial charge is 0.416 e. The summed E-state index contributed by atoms with van der Waals surface area (Å²) in [6, 6.07) is 13.2. The van der Waals surface area contributed by atoms with E-state index in [1.54, 1.807) is 6.20 Å². The second-order valence-corrected chi connectivity index (χ2v) is 6.38. The highest BCUT2D eigenvalue weighted by molar-refractivity contribution is 9.10. The highest BCUT2D eigenvalue weighted by atomic mass is 79.9. The highest BCUT2D eigenvalue weighted by Gasteiger charge is 2.29. The lowest BCUT2D eigenvalue weighted by atomic mass is 10.1. The quantitative estimate of drug-likeness (QED) is 0.586. The molecule has 0 saturated heterocycles. The van der Waals surface area contributed by atoms with Gasteiger partial charge in [-0.05, 0) is 35.4 Å². The first-order valence-corrected chi connectivity index (χ1v) is 8.12. The number of nitrogens with zero attached hydrogens (tertiary/aromatic N) is 2. The van der Waals surface area contributed by atoms with Gasteiger partial charge in [-0.15, -0.1) is 0 Å². The van der Waals surface area contributed by atoms with Gasteiger partial charge in [0.25, 0.3) is 0 Å². The Morgan fingerprint density at radius 1 is 0.917 bits per heavy atom. The Labute approximate surface area is 146 Å². The minimum atomic E-state index is -4.31. The molecule has 1 aromatic heterocycles. The van der Waals surface area contributed by atoms with Gasteiger partial charge in [-0.2, -0.15) is 13.2 Å². The summed E-state index contributed by atoms with van der Waals surface area (Å²) in [7, 11) is 0. The van der Waals surface area contributed by atoms with Crippen LogP contribution in [0.25, 0.3) is 0 Å². The van der Waals surface area contributed by atoms with Crippen molar-refractivity contribution < 1.29 is 13.2 Å². The summed E-state index contributed by atoms with van der Waals surface area (Å²) in [5.41, 5.74) is 1.29. The second kappa shape index (κ2) is 6.81. The summed E-state index contributed by atoms with van der Waals surface area (Å²) in [6.45, 7) is 0.490. The smallest absolute Gasteiger partial charge is 0.330 e. The molecule has 1 heterocycles. The van der Waals surface area contributed by atoms with Crippen LogP contribution >= 0.6 is 15.9 Å². The maximum atomic E-state index is 12.6. The van der Waals surface area contributed by atoms with Crippen LogP contribution in [-0.4, -0.2) is 9.55 Å². The van der Waals surface area contributed by atoms with Gasteiger partial charge in [0.05, 0.1) is 5.56 Å². The van der Waals surface area contributed by atoms with Gasteiger partial charge in [0.15, 0.2) is 0 Å². The van der Waals surface area contributed by atoms with E-state index in [1.165, 1.54) is 12.1 Å². The molecule has 0 N–H and O–H groups in total. The SMILES string of the molecule is FC(F)(F)c1ccc(Cn2ccnc2Cc2ccc(Br)cc2)cc1. The first-order chi connectivity index (χ1) is 11.4. The van der Waals surface area contributed by atoms with Crippen molar-refractivity contribution >= 4 is 15.9 Å². The van der Waals surface area contributed by atoms with Crippen molar-refractivity contribution in [2.75, 3.05) is 0 Å². The van der Waals surface area contributed by atoms with Crippen molar-refractivity contribution in [2.24, 2.45) is 0 Å². The fourth-order valence-electron chi connectivity index (χ4n) is 2.43. The maximum absolute atomic E-state index is 12.6. The van der Waals surface area contributed by atoms with Crippen LogP contribution in [0.5, 0.6) is 0 Å². The normalized spacial score (nSPS) is 11.7. The second-order valence-electron chi connectivity index (χ2n) is 5.47. The zero-order valence-corrected chi connectivity index (χ0v) is 14.2. The van der Waals surface area contributed by atoms with Crippen LogP contribution in [0, 0.1) is 0 Å². The van der Waals surface area contributed by atoms with Crippen molar-refractivity contribution in [3.63, 3.8) is 0 Å². The van der Waals surface area contributed by atoms with E-state index in [-0.39, 0.29) is 0 Å². The van der Waals surface area contributed by atoms with E-state index in [4.69, 9.17) is 0 Å². The van der Waals surface area contributed by atoms with E-state index < -0.39 is 11.7 Å². The predicted octanol–water partition coefficient (Wildman–Crippen LogP) is 5.30. The molecule has 0 aliphatic carbocycles. The van der Waals surface area contributed by atoms with Gasteiger partial charge in [0.2, 0.25) is 0 Å². The maximum Gasteiger partial charge on any atom is 0.416 e. The molecular weight excluding hydrogens is 381 g/mol. The lowest BCUT2D eigenvalue weighted by Crippen LogP contribution is -2.07.